The predicted molar refractivity (Wildman–Crippen MR) is 79.8 cm³/mol. The molecule has 0 aliphatic carbocycles. The van der Waals surface area contributed by atoms with Gasteiger partial charge in [-0.05, 0) is 18.8 Å². The van der Waals surface area contributed by atoms with Gasteiger partial charge in [0.2, 0.25) is 0 Å². The Bertz CT molecular complexity index is 719. The topological polar surface area (TPSA) is 66.7 Å². The summed E-state index contributed by atoms with van der Waals surface area (Å²) in [6, 6.07) is 0. The summed E-state index contributed by atoms with van der Waals surface area (Å²) in [5, 5.41) is 5.00. The van der Waals surface area contributed by atoms with Crippen molar-refractivity contribution in [1.29, 1.82) is 0 Å². The second kappa shape index (κ2) is 5.01. The van der Waals surface area contributed by atoms with E-state index >= 15 is 0 Å². The van der Waals surface area contributed by atoms with Crippen molar-refractivity contribution in [3.63, 3.8) is 0 Å². The van der Waals surface area contributed by atoms with Crippen LogP contribution >= 0.6 is 11.3 Å². The minimum atomic E-state index is -3.51. The highest BCUT2D eigenvalue weighted by molar-refractivity contribution is 7.89. The summed E-state index contributed by atoms with van der Waals surface area (Å²) in [6.45, 7) is 3.27. The highest BCUT2D eigenvalue weighted by atomic mass is 32.2. The Morgan fingerprint density at radius 1 is 1.50 bits per heavy atom. The van der Waals surface area contributed by atoms with Gasteiger partial charge in [0.1, 0.15) is 0 Å². The third-order valence-corrected chi connectivity index (χ3v) is 6.31. The summed E-state index contributed by atoms with van der Waals surface area (Å²) in [6.07, 6.45) is 3.76. The molecule has 2 aromatic heterocycles. The van der Waals surface area contributed by atoms with Crippen molar-refractivity contribution in [2.75, 3.05) is 25.5 Å². The molecule has 1 saturated heterocycles. The van der Waals surface area contributed by atoms with E-state index in [1.54, 1.807) is 22.0 Å². The molecule has 6 nitrogen and oxygen atoms in total. The van der Waals surface area contributed by atoms with Crippen LogP contribution in [0.3, 0.4) is 0 Å². The molecule has 2 aromatic rings. The standard InChI is InChI=1S/C12H18N4O2S2/c1-9-4-3-5-15(8-9)20(17,18)11-10(13-2)14-12-16(11)6-7-19-12/h6-7,9,13H,3-5,8H2,1-2H3. The van der Waals surface area contributed by atoms with Gasteiger partial charge in [0.25, 0.3) is 10.0 Å². The largest absolute Gasteiger partial charge is 0.371 e. The molecule has 0 spiro atoms. The van der Waals surface area contributed by atoms with E-state index in [-0.39, 0.29) is 5.03 Å². The van der Waals surface area contributed by atoms with Gasteiger partial charge in [0.05, 0.1) is 0 Å². The van der Waals surface area contributed by atoms with Gasteiger partial charge in [-0.15, -0.1) is 11.3 Å². The number of nitrogens with zero attached hydrogens (tertiary/aromatic N) is 3. The number of hydrogen-bond donors (Lipinski definition) is 1. The van der Waals surface area contributed by atoms with Gasteiger partial charge >= 0.3 is 0 Å². The van der Waals surface area contributed by atoms with E-state index < -0.39 is 10.0 Å². The van der Waals surface area contributed by atoms with Crippen molar-refractivity contribution in [2.45, 2.75) is 24.8 Å². The van der Waals surface area contributed by atoms with Gasteiger partial charge in [0.15, 0.2) is 15.8 Å². The normalized spacial score (nSPS) is 21.4. The van der Waals surface area contributed by atoms with E-state index in [1.165, 1.54) is 11.3 Å². The van der Waals surface area contributed by atoms with Crippen LogP contribution in [-0.2, 0) is 10.0 Å². The highest BCUT2D eigenvalue weighted by Gasteiger charge is 2.34. The van der Waals surface area contributed by atoms with E-state index in [0.29, 0.717) is 29.8 Å². The maximum absolute atomic E-state index is 12.9. The smallest absolute Gasteiger partial charge is 0.262 e. The van der Waals surface area contributed by atoms with Crippen molar-refractivity contribution < 1.29 is 8.42 Å². The van der Waals surface area contributed by atoms with Gasteiger partial charge in [-0.1, -0.05) is 6.92 Å². The molecule has 1 fully saturated rings. The van der Waals surface area contributed by atoms with E-state index in [2.05, 4.69) is 17.2 Å². The summed E-state index contributed by atoms with van der Waals surface area (Å²) in [5.41, 5.74) is 0. The fourth-order valence-electron chi connectivity index (χ4n) is 2.66. The van der Waals surface area contributed by atoms with E-state index in [4.69, 9.17) is 0 Å². The molecule has 1 aliphatic rings. The number of sulfonamides is 1. The average Bonchev–Trinajstić information content (AvgIpc) is 2.97. The molecule has 1 atom stereocenters. The highest BCUT2D eigenvalue weighted by Crippen LogP contribution is 2.30. The van der Waals surface area contributed by atoms with Crippen LogP contribution in [-0.4, -0.2) is 42.2 Å². The lowest BCUT2D eigenvalue weighted by Crippen LogP contribution is -2.39. The van der Waals surface area contributed by atoms with Crippen molar-refractivity contribution >= 4 is 32.1 Å². The number of thiazole rings is 1. The number of rotatable bonds is 3. The molecule has 0 amide bonds. The molecule has 0 aromatic carbocycles. The number of piperidine rings is 1. The summed E-state index contributed by atoms with van der Waals surface area (Å²) in [5.74, 6) is 0.831. The molecule has 3 heterocycles. The van der Waals surface area contributed by atoms with E-state index in [0.717, 1.165) is 12.8 Å². The maximum Gasteiger partial charge on any atom is 0.262 e. The first-order valence-corrected chi connectivity index (χ1v) is 8.99. The van der Waals surface area contributed by atoms with Crippen LogP contribution < -0.4 is 5.32 Å². The summed E-state index contributed by atoms with van der Waals surface area (Å²) in [7, 11) is -1.81. The number of nitrogens with one attached hydrogen (secondary N) is 1. The lowest BCUT2D eigenvalue weighted by atomic mass is 10.0. The zero-order chi connectivity index (χ0) is 14.3. The van der Waals surface area contributed by atoms with Crippen LogP contribution in [0.5, 0.6) is 0 Å². The number of anilines is 1. The van der Waals surface area contributed by atoms with Crippen molar-refractivity contribution in [3.05, 3.63) is 11.6 Å². The van der Waals surface area contributed by atoms with Gasteiger partial charge in [-0.25, -0.2) is 13.4 Å². The van der Waals surface area contributed by atoms with Gasteiger partial charge in [0, 0.05) is 31.7 Å². The molecular weight excluding hydrogens is 296 g/mol. The molecule has 3 rings (SSSR count). The maximum atomic E-state index is 12.9. The molecule has 1 N–H and O–H groups in total. The quantitative estimate of drug-likeness (QED) is 0.939. The number of hydrogen-bond acceptors (Lipinski definition) is 5. The fraction of sp³-hybridized carbons (Fsp3) is 0.583. The SMILES string of the molecule is CNc1nc2sccn2c1S(=O)(=O)N1CCCC(C)C1. The molecule has 1 aliphatic heterocycles. The Balaban J connectivity index is 2.10. The molecule has 0 bridgehead atoms. The van der Waals surface area contributed by atoms with Crippen LogP contribution in [0.4, 0.5) is 5.82 Å². The lowest BCUT2D eigenvalue weighted by Gasteiger charge is -2.29. The molecular formula is C12H18N4O2S2. The Hall–Kier alpha value is -1.12. The van der Waals surface area contributed by atoms with Crippen LogP contribution in [0.2, 0.25) is 0 Å². The van der Waals surface area contributed by atoms with Crippen LogP contribution in [0.15, 0.2) is 16.6 Å². The Morgan fingerprint density at radius 3 is 3.00 bits per heavy atom. The van der Waals surface area contributed by atoms with Crippen LogP contribution in [0.25, 0.3) is 4.96 Å². The molecule has 1 unspecified atom stereocenters. The Labute approximate surface area is 122 Å². The second-order valence-electron chi connectivity index (χ2n) is 5.18. The third kappa shape index (κ3) is 2.11. The summed E-state index contributed by atoms with van der Waals surface area (Å²) < 4.78 is 29.1. The monoisotopic (exact) mass is 314 g/mol. The van der Waals surface area contributed by atoms with E-state index in [9.17, 15) is 8.42 Å². The Morgan fingerprint density at radius 2 is 2.30 bits per heavy atom. The molecule has 8 heteroatoms. The molecule has 20 heavy (non-hydrogen) atoms. The minimum Gasteiger partial charge on any atom is -0.371 e. The first-order valence-electron chi connectivity index (χ1n) is 6.67. The predicted octanol–water partition coefficient (Wildman–Crippen LogP) is 1.86. The minimum absolute atomic E-state index is 0.255. The zero-order valence-electron chi connectivity index (χ0n) is 11.5. The van der Waals surface area contributed by atoms with E-state index in [1.807, 2.05) is 5.38 Å². The second-order valence-corrected chi connectivity index (χ2v) is 7.91. The molecule has 110 valence electrons. The van der Waals surface area contributed by atoms with Gasteiger partial charge in [-0.2, -0.15) is 4.31 Å². The summed E-state index contributed by atoms with van der Waals surface area (Å²) >= 11 is 1.43. The molecule has 0 saturated carbocycles. The number of imidazole rings is 1. The first-order chi connectivity index (χ1) is 9.54. The number of aromatic nitrogens is 2. The van der Waals surface area contributed by atoms with Crippen molar-refractivity contribution in [1.82, 2.24) is 13.7 Å². The molecule has 0 radical (unpaired) electrons. The Kier molecular flexibility index (Phi) is 3.47. The third-order valence-electron chi connectivity index (χ3n) is 3.66. The van der Waals surface area contributed by atoms with Gasteiger partial charge < -0.3 is 5.32 Å². The average molecular weight is 314 g/mol. The van der Waals surface area contributed by atoms with Crippen molar-refractivity contribution in [2.24, 2.45) is 5.92 Å². The fourth-order valence-corrected chi connectivity index (χ4v) is 5.29. The zero-order valence-corrected chi connectivity index (χ0v) is 13.2. The van der Waals surface area contributed by atoms with Crippen LogP contribution in [0, 0.1) is 5.92 Å². The lowest BCUT2D eigenvalue weighted by molar-refractivity contribution is 0.280. The van der Waals surface area contributed by atoms with Crippen molar-refractivity contribution in [3.8, 4) is 0 Å². The summed E-state index contributed by atoms with van der Waals surface area (Å²) in [4.78, 5) is 5.03. The number of fused-ring (bicyclic) bond motifs is 1. The van der Waals surface area contributed by atoms with Crippen LogP contribution in [0.1, 0.15) is 19.8 Å². The van der Waals surface area contributed by atoms with Gasteiger partial charge in [-0.3, -0.25) is 4.40 Å². The first kappa shape index (κ1) is 13.8.